The second-order valence-electron chi connectivity index (χ2n) is 16.0. The van der Waals surface area contributed by atoms with Gasteiger partial charge in [0.05, 0.1) is 12.1 Å². The monoisotopic (exact) mass is 788 g/mol. The zero-order valence-electron chi connectivity index (χ0n) is 34.2. The average molecular weight is 789 g/mol. The molecule has 0 bridgehead atoms. The fraction of sp³-hybridized carbons (Fsp3) is 0.148. The van der Waals surface area contributed by atoms with Gasteiger partial charge in [0.25, 0.3) is 0 Å². The number of rotatable bonds is 10. The zero-order chi connectivity index (χ0) is 42.0. The summed E-state index contributed by atoms with van der Waals surface area (Å²) in [4.78, 5) is 29.5. The number of nitrogens with one attached hydrogen (secondary N) is 2. The quantitative estimate of drug-likeness (QED) is 0.104. The Morgan fingerprint density at radius 3 is 0.933 bits per heavy atom. The van der Waals surface area contributed by atoms with E-state index in [1.807, 2.05) is 210 Å². The van der Waals surface area contributed by atoms with Crippen molar-refractivity contribution in [1.82, 2.24) is 10.6 Å². The highest BCUT2D eigenvalue weighted by molar-refractivity contribution is 6.35. The third-order valence-electron chi connectivity index (χ3n) is 11.8. The smallest absolute Gasteiger partial charge is 0.309 e. The third kappa shape index (κ3) is 7.71. The van der Waals surface area contributed by atoms with Crippen molar-refractivity contribution in [2.75, 3.05) is 0 Å². The highest BCUT2D eigenvalue weighted by atomic mass is 16.3. The minimum atomic E-state index is -1.83. The summed E-state index contributed by atoms with van der Waals surface area (Å²) in [5.41, 5.74) is 3.71. The Kier molecular flexibility index (Phi) is 10.9. The molecular weight excluding hydrogens is 741 g/mol. The molecule has 0 saturated carbocycles. The van der Waals surface area contributed by atoms with Crippen LogP contribution in [0.25, 0.3) is 21.5 Å². The Hall–Kier alpha value is -6.86. The molecule has 6 heteroatoms. The molecule has 0 saturated heterocycles. The number of carbonyl (C=O) groups is 2. The van der Waals surface area contributed by atoms with Crippen LogP contribution in [-0.4, -0.2) is 22.0 Å². The topological polar surface area (TPSA) is 98.7 Å². The van der Waals surface area contributed by atoms with Crippen LogP contribution in [0.2, 0.25) is 0 Å². The van der Waals surface area contributed by atoms with Gasteiger partial charge in [-0.15, -0.1) is 0 Å². The van der Waals surface area contributed by atoms with Crippen LogP contribution in [-0.2, 0) is 20.8 Å². The van der Waals surface area contributed by atoms with Gasteiger partial charge in [0.15, 0.2) is 0 Å². The number of aliphatic hydroxyl groups is 2. The molecule has 60 heavy (non-hydrogen) atoms. The largest absolute Gasteiger partial charge is 0.378 e. The van der Waals surface area contributed by atoms with Crippen LogP contribution in [0.1, 0.15) is 67.7 Å². The predicted octanol–water partition coefficient (Wildman–Crippen LogP) is 10.1. The van der Waals surface area contributed by atoms with Crippen LogP contribution in [0.15, 0.2) is 182 Å². The van der Waals surface area contributed by atoms with Crippen molar-refractivity contribution in [1.29, 1.82) is 0 Å². The molecule has 298 valence electrons. The number of benzene rings is 8. The molecule has 0 aliphatic heterocycles. The highest BCUT2D eigenvalue weighted by Gasteiger charge is 2.46. The van der Waals surface area contributed by atoms with E-state index in [9.17, 15) is 19.8 Å². The van der Waals surface area contributed by atoms with Gasteiger partial charge in [0.2, 0.25) is 0 Å². The molecule has 0 radical (unpaired) electrons. The molecular formula is C54H48N2O4. The van der Waals surface area contributed by atoms with Crippen LogP contribution in [0.4, 0.5) is 0 Å². The van der Waals surface area contributed by atoms with Gasteiger partial charge in [-0.2, -0.15) is 0 Å². The van der Waals surface area contributed by atoms with E-state index in [-0.39, 0.29) is 0 Å². The van der Waals surface area contributed by atoms with Crippen molar-refractivity contribution in [2.45, 2.75) is 51.0 Å². The molecule has 0 aliphatic carbocycles. The van der Waals surface area contributed by atoms with E-state index in [0.717, 1.165) is 43.8 Å². The molecule has 2 unspecified atom stereocenters. The average Bonchev–Trinajstić information content (AvgIpc) is 3.27. The van der Waals surface area contributed by atoms with Crippen molar-refractivity contribution in [3.05, 3.63) is 238 Å². The minimum Gasteiger partial charge on any atom is -0.378 e. The fourth-order valence-corrected chi connectivity index (χ4v) is 8.26. The van der Waals surface area contributed by atoms with Gasteiger partial charge in [0.1, 0.15) is 11.2 Å². The normalized spacial score (nSPS) is 12.8. The van der Waals surface area contributed by atoms with Crippen molar-refractivity contribution >= 4 is 33.4 Å². The molecule has 4 N–H and O–H groups in total. The summed E-state index contributed by atoms with van der Waals surface area (Å²) in [6.45, 7) is 7.90. The van der Waals surface area contributed by atoms with Gasteiger partial charge < -0.3 is 20.8 Å². The number of hydrogen-bond donors (Lipinski definition) is 4. The number of amides is 2. The molecule has 8 rings (SSSR count). The summed E-state index contributed by atoms with van der Waals surface area (Å²) >= 11 is 0. The van der Waals surface area contributed by atoms with E-state index in [1.54, 1.807) is 0 Å². The summed E-state index contributed by atoms with van der Waals surface area (Å²) in [5.74, 6) is -1.96. The van der Waals surface area contributed by atoms with Crippen LogP contribution in [0, 0.1) is 27.7 Å². The van der Waals surface area contributed by atoms with Gasteiger partial charge >= 0.3 is 11.8 Å². The third-order valence-corrected chi connectivity index (χ3v) is 11.8. The van der Waals surface area contributed by atoms with Gasteiger partial charge in [-0.25, -0.2) is 0 Å². The maximum Gasteiger partial charge on any atom is 0.309 e. The summed E-state index contributed by atoms with van der Waals surface area (Å²) < 4.78 is 0. The van der Waals surface area contributed by atoms with Crippen molar-refractivity contribution in [2.24, 2.45) is 0 Å². The number of hydrogen-bond acceptors (Lipinski definition) is 4. The minimum absolute atomic E-state index is 0.540. The molecule has 8 aromatic carbocycles. The van der Waals surface area contributed by atoms with Crippen molar-refractivity contribution in [3.63, 3.8) is 0 Å². The second-order valence-corrected chi connectivity index (χ2v) is 16.0. The first-order chi connectivity index (χ1) is 28.9. The van der Waals surface area contributed by atoms with Gasteiger partial charge in [-0.05, 0) is 94.8 Å². The van der Waals surface area contributed by atoms with Crippen LogP contribution >= 0.6 is 0 Å². The molecule has 0 aliphatic rings. The Balaban J connectivity index is 1.26. The Morgan fingerprint density at radius 2 is 0.650 bits per heavy atom. The SMILES string of the molecule is Cc1ccc(C(O)(c2ccc(C)cc2)C(NC(=O)C(=O)NC(c2ccc3ccccc3c2)C(O)(c2ccc(C)cc2)c2ccc(C)cc2)c2ccc3ccccc3c2)cc1. The second kappa shape index (κ2) is 16.4. The first-order valence-electron chi connectivity index (χ1n) is 20.3. The van der Waals surface area contributed by atoms with E-state index >= 15 is 0 Å². The lowest BCUT2D eigenvalue weighted by molar-refractivity contribution is -0.142. The lowest BCUT2D eigenvalue weighted by Crippen LogP contribution is -2.52. The lowest BCUT2D eigenvalue weighted by atomic mass is 9.76. The Bertz CT molecular complexity index is 2520. The molecule has 0 aromatic heterocycles. The van der Waals surface area contributed by atoms with Gasteiger partial charge in [0, 0.05) is 0 Å². The van der Waals surface area contributed by atoms with E-state index < -0.39 is 35.1 Å². The lowest BCUT2D eigenvalue weighted by Gasteiger charge is -2.39. The molecule has 2 atom stereocenters. The zero-order valence-corrected chi connectivity index (χ0v) is 34.2. The predicted molar refractivity (Wildman–Crippen MR) is 240 cm³/mol. The van der Waals surface area contributed by atoms with Crippen molar-refractivity contribution < 1.29 is 19.8 Å². The van der Waals surface area contributed by atoms with Crippen molar-refractivity contribution in [3.8, 4) is 0 Å². The summed E-state index contributed by atoms with van der Waals surface area (Å²) in [5, 5.41) is 36.4. The maximum atomic E-state index is 14.8. The van der Waals surface area contributed by atoms with Crippen LogP contribution < -0.4 is 10.6 Å². The molecule has 2 amide bonds. The van der Waals surface area contributed by atoms with E-state index in [0.29, 0.717) is 33.4 Å². The van der Waals surface area contributed by atoms with E-state index in [4.69, 9.17) is 0 Å². The molecule has 6 nitrogen and oxygen atoms in total. The summed E-state index contributed by atoms with van der Waals surface area (Å²) in [6, 6.07) is 55.2. The van der Waals surface area contributed by atoms with Crippen LogP contribution in [0.5, 0.6) is 0 Å². The first kappa shape index (κ1) is 39.9. The van der Waals surface area contributed by atoms with E-state index in [1.165, 1.54) is 0 Å². The number of carbonyl (C=O) groups excluding carboxylic acids is 2. The summed E-state index contributed by atoms with van der Waals surface area (Å²) in [7, 11) is 0. The molecule has 0 fully saturated rings. The maximum absolute atomic E-state index is 14.8. The number of fused-ring (bicyclic) bond motifs is 2. The van der Waals surface area contributed by atoms with E-state index in [2.05, 4.69) is 10.6 Å². The van der Waals surface area contributed by atoms with Gasteiger partial charge in [-0.3, -0.25) is 9.59 Å². The van der Waals surface area contributed by atoms with Gasteiger partial charge in [-0.1, -0.05) is 192 Å². The highest BCUT2D eigenvalue weighted by Crippen LogP contribution is 2.44. The summed E-state index contributed by atoms with van der Waals surface area (Å²) in [6.07, 6.45) is 0. The molecule has 8 aromatic rings. The first-order valence-corrected chi connectivity index (χ1v) is 20.3. The Labute approximate surface area is 351 Å². The molecule has 0 heterocycles. The van der Waals surface area contributed by atoms with Crippen LogP contribution in [0.3, 0.4) is 0 Å². The Morgan fingerprint density at radius 1 is 0.383 bits per heavy atom. The number of aryl methyl sites for hydroxylation is 4. The molecule has 0 spiro atoms. The fourth-order valence-electron chi connectivity index (χ4n) is 8.26. The standard InChI is InChI=1S/C54H48N2O4/c1-35-13-25-45(26-14-35)53(59,46-27-15-36(2)16-28-46)49(43-23-21-39-9-5-7-11-41(39)33-43)55-51(57)52(58)56-50(44-24-22-40-10-6-8-12-42(40)34-44)54(60,47-29-17-37(3)18-30-47)48-31-19-38(4)20-32-48/h5-34,49-50,59-60H,1-4H3,(H,55,57)(H,56,58).